The molecule has 0 unspecified atom stereocenters. The third-order valence-electron chi connectivity index (χ3n) is 11.8. The number of imide groups is 1. The van der Waals surface area contributed by atoms with Crippen molar-refractivity contribution in [3.8, 4) is 11.4 Å². The minimum absolute atomic E-state index is 0.0303. The van der Waals surface area contributed by atoms with Crippen molar-refractivity contribution in [2.24, 2.45) is 0 Å². The number of hydrogen-bond acceptors (Lipinski definition) is 12. The minimum atomic E-state index is -2.03. The number of aliphatic hydroxyl groups is 1. The van der Waals surface area contributed by atoms with Crippen LogP contribution in [0.3, 0.4) is 0 Å². The van der Waals surface area contributed by atoms with Gasteiger partial charge in [-0.3, -0.25) is 38.5 Å². The summed E-state index contributed by atoms with van der Waals surface area (Å²) >= 11 is 0. The predicted molar refractivity (Wildman–Crippen MR) is 212 cm³/mol. The first-order chi connectivity index (χ1) is 28.9. The maximum absolute atomic E-state index is 15.3. The van der Waals surface area contributed by atoms with Crippen molar-refractivity contribution in [2.45, 2.75) is 110 Å². The highest BCUT2D eigenvalue weighted by atomic mass is 19.1. The van der Waals surface area contributed by atoms with Crippen molar-refractivity contribution in [3.05, 3.63) is 73.8 Å². The molecule has 0 spiro atoms. The molecule has 5 N–H and O–H groups in total. The Morgan fingerprint density at radius 2 is 1.70 bits per heavy atom. The number of cyclic esters (lactones) is 1. The summed E-state index contributed by atoms with van der Waals surface area (Å²) in [7, 11) is 0. The number of amides is 6. The maximum Gasteiger partial charge on any atom is 0.343 e. The van der Waals surface area contributed by atoms with Gasteiger partial charge in [0.05, 0.1) is 47.6 Å². The van der Waals surface area contributed by atoms with Crippen LogP contribution in [0.4, 0.5) is 4.39 Å². The number of nitrogens with zero attached hydrogens (tertiary/aromatic N) is 3. The van der Waals surface area contributed by atoms with E-state index >= 15 is 4.39 Å². The second kappa shape index (κ2) is 16.6. The maximum atomic E-state index is 15.3. The van der Waals surface area contributed by atoms with Crippen LogP contribution in [-0.4, -0.2) is 92.4 Å². The van der Waals surface area contributed by atoms with E-state index in [1.807, 2.05) is 0 Å². The smallest absolute Gasteiger partial charge is 0.343 e. The van der Waals surface area contributed by atoms with Crippen LogP contribution in [-0.2, 0) is 68.2 Å². The molecular weight excluding hydrogens is 797 g/mol. The summed E-state index contributed by atoms with van der Waals surface area (Å²) < 4.78 is 27.7. The van der Waals surface area contributed by atoms with Gasteiger partial charge in [-0.05, 0) is 69.7 Å². The molecule has 0 saturated carbocycles. The van der Waals surface area contributed by atoms with E-state index in [-0.39, 0.29) is 62.7 Å². The topological polar surface area (TPSA) is 244 Å². The first-order valence-corrected chi connectivity index (χ1v) is 20.1. The third kappa shape index (κ3) is 7.90. The molecular formula is C42H46FN7O11. The fourth-order valence-corrected chi connectivity index (χ4v) is 8.33. The summed E-state index contributed by atoms with van der Waals surface area (Å²) in [6, 6.07) is 0.314. The zero-order chi connectivity index (χ0) is 44.1. The van der Waals surface area contributed by atoms with Crippen molar-refractivity contribution >= 4 is 52.3 Å². The Morgan fingerprint density at radius 1 is 1.00 bits per heavy atom. The van der Waals surface area contributed by atoms with Crippen LogP contribution in [0.1, 0.15) is 92.8 Å². The molecule has 322 valence electrons. The number of esters is 1. The second-order valence-corrected chi connectivity index (χ2v) is 15.8. The molecule has 3 aromatic rings. The molecule has 0 fully saturated rings. The van der Waals surface area contributed by atoms with Gasteiger partial charge in [0.25, 0.3) is 17.4 Å². The lowest BCUT2D eigenvalue weighted by Gasteiger charge is -2.31. The van der Waals surface area contributed by atoms with Crippen molar-refractivity contribution in [3.63, 3.8) is 0 Å². The van der Waals surface area contributed by atoms with Gasteiger partial charge in [-0.25, -0.2) is 14.2 Å². The van der Waals surface area contributed by atoms with Crippen LogP contribution in [0, 0.1) is 12.7 Å². The minimum Gasteiger partial charge on any atom is -0.458 e. The molecule has 3 aliphatic heterocycles. The molecule has 4 aliphatic rings. The van der Waals surface area contributed by atoms with E-state index in [0.29, 0.717) is 51.8 Å². The van der Waals surface area contributed by atoms with Gasteiger partial charge in [-0.15, -0.1) is 0 Å². The first-order valence-electron chi connectivity index (χ1n) is 20.1. The summed E-state index contributed by atoms with van der Waals surface area (Å²) in [5.74, 6) is -4.53. The fourth-order valence-electron chi connectivity index (χ4n) is 8.33. The normalized spacial score (nSPS) is 20.0. The van der Waals surface area contributed by atoms with Crippen molar-refractivity contribution < 1.29 is 52.5 Å². The number of ether oxygens (including phenoxy) is 2. The Bertz CT molecular complexity index is 2500. The van der Waals surface area contributed by atoms with Crippen LogP contribution in [0.15, 0.2) is 29.1 Å². The van der Waals surface area contributed by atoms with Gasteiger partial charge in [0, 0.05) is 47.7 Å². The van der Waals surface area contributed by atoms with Gasteiger partial charge >= 0.3 is 5.97 Å². The summed E-state index contributed by atoms with van der Waals surface area (Å²) in [5, 5.41) is 22.6. The molecule has 5 atom stereocenters. The summed E-state index contributed by atoms with van der Waals surface area (Å²) in [5.41, 5.74) is 1.51. The predicted octanol–water partition coefficient (Wildman–Crippen LogP) is 0.824. The lowest BCUT2D eigenvalue weighted by atomic mass is 9.81. The number of aromatic nitrogens is 2. The molecule has 7 rings (SSSR count). The van der Waals surface area contributed by atoms with Crippen LogP contribution in [0.2, 0.25) is 0 Å². The highest BCUT2D eigenvalue weighted by Gasteiger charge is 2.46. The van der Waals surface area contributed by atoms with Crippen LogP contribution in [0.5, 0.6) is 0 Å². The van der Waals surface area contributed by atoms with Gasteiger partial charge in [-0.1, -0.05) is 6.92 Å². The lowest BCUT2D eigenvalue weighted by Crippen LogP contribution is -2.52. The van der Waals surface area contributed by atoms with E-state index in [9.17, 15) is 43.5 Å². The van der Waals surface area contributed by atoms with Crippen LogP contribution in [0.25, 0.3) is 22.3 Å². The van der Waals surface area contributed by atoms with E-state index in [2.05, 4.69) is 21.3 Å². The number of aryl methyl sites for hydroxylation is 1. The molecule has 0 radical (unpaired) electrons. The Labute approximate surface area is 348 Å². The summed E-state index contributed by atoms with van der Waals surface area (Å²) in [6.07, 6.45) is 2.06. The molecule has 1 aliphatic carbocycles. The monoisotopic (exact) mass is 843 g/mol. The zero-order valence-corrected chi connectivity index (χ0v) is 34.2. The van der Waals surface area contributed by atoms with Crippen molar-refractivity contribution in [1.29, 1.82) is 0 Å². The molecule has 6 amide bonds. The Hall–Kier alpha value is -6.34. The number of rotatable bonds is 14. The fraction of sp³-hybridized carbons (Fsp3) is 0.452. The zero-order valence-electron chi connectivity index (χ0n) is 34.2. The highest BCUT2D eigenvalue weighted by molar-refractivity contribution is 6.13. The standard InChI is InChI=1S/C42H46FN7O11/c1-6-42(59)26-14-30-37-24(16-50(30)40(57)25(26)17-60-41(42)58)36-28(8-7-23-20(3)27(43)15-29(48-37)35(23)36)47-32(52)13-19(2)61-18-44-38(55)21(4)46-39(56)22(5)45-31(51)11-12-49-33(53)9-10-34(49)54/h9-10,14-15,19,21-22,28,59H,6-8,11-13,16-18H2,1-5H3,(H,44,55)(H,45,51)(H,46,56)(H,47,52)/t19-,21-,22-,28+,42+/m1/s1. The van der Waals surface area contributed by atoms with E-state index in [1.165, 1.54) is 24.5 Å². The molecule has 18 nitrogen and oxygen atoms in total. The van der Waals surface area contributed by atoms with Gasteiger partial charge in [-0.2, -0.15) is 0 Å². The SMILES string of the molecule is CC[C@@]1(O)C(=O)OCc2c1cc1n(c2=O)Cc2c-1nc1cc(F)c(C)c3c1c2[C@@H](NC(=O)C[C@@H](C)OCNC(=O)[C@@H](C)NC(=O)[C@@H](C)NC(=O)CCN1C(=O)C=CC1=O)CC3. The molecule has 5 heterocycles. The van der Waals surface area contributed by atoms with Gasteiger partial charge < -0.3 is 40.4 Å². The third-order valence-corrected chi connectivity index (χ3v) is 11.8. The average Bonchev–Trinajstić information content (AvgIpc) is 3.75. The molecule has 1 aromatic carbocycles. The highest BCUT2D eigenvalue weighted by Crippen LogP contribution is 2.46. The van der Waals surface area contributed by atoms with Gasteiger partial charge in [0.15, 0.2) is 5.60 Å². The Kier molecular flexibility index (Phi) is 11.6. The van der Waals surface area contributed by atoms with E-state index in [0.717, 1.165) is 22.6 Å². The molecule has 2 aromatic heterocycles. The van der Waals surface area contributed by atoms with E-state index in [1.54, 1.807) is 26.8 Å². The second-order valence-electron chi connectivity index (χ2n) is 15.8. The van der Waals surface area contributed by atoms with Gasteiger partial charge in [0.2, 0.25) is 23.6 Å². The number of carbonyl (C=O) groups excluding carboxylic acids is 7. The molecule has 0 bridgehead atoms. The van der Waals surface area contributed by atoms with E-state index in [4.69, 9.17) is 14.5 Å². The number of hydrogen-bond donors (Lipinski definition) is 5. The number of benzene rings is 1. The molecule has 19 heteroatoms. The number of pyridine rings is 2. The number of nitrogens with one attached hydrogen (secondary N) is 4. The first kappa shape index (κ1) is 42.8. The Morgan fingerprint density at radius 3 is 2.41 bits per heavy atom. The number of fused-ring (bicyclic) bond motifs is 5. The number of halogens is 1. The summed E-state index contributed by atoms with van der Waals surface area (Å²) in [4.78, 5) is 107. The quantitative estimate of drug-likeness (QED) is 0.0674. The molecule has 0 saturated heterocycles. The lowest BCUT2D eigenvalue weighted by molar-refractivity contribution is -0.172. The number of carbonyl (C=O) groups is 7. The van der Waals surface area contributed by atoms with Crippen LogP contribution < -0.4 is 26.8 Å². The van der Waals surface area contributed by atoms with E-state index < -0.39 is 76.7 Å². The Balaban J connectivity index is 0.972. The largest absolute Gasteiger partial charge is 0.458 e. The molecule has 61 heavy (non-hydrogen) atoms. The summed E-state index contributed by atoms with van der Waals surface area (Å²) in [6.45, 7) is 7.16. The van der Waals surface area contributed by atoms with Gasteiger partial charge in [0.1, 0.15) is 31.2 Å². The van der Waals surface area contributed by atoms with Crippen molar-refractivity contribution in [2.75, 3.05) is 13.3 Å². The van der Waals surface area contributed by atoms with Crippen molar-refractivity contribution in [1.82, 2.24) is 35.7 Å². The van der Waals surface area contributed by atoms with Crippen LogP contribution >= 0.6 is 0 Å². The average molecular weight is 844 g/mol.